The molecule has 1 aliphatic heterocycles. The van der Waals surface area contributed by atoms with Crippen molar-refractivity contribution in [3.05, 3.63) is 65.2 Å². The number of rotatable bonds is 9. The Bertz CT molecular complexity index is 968. The SMILES string of the molecule is CCN(c1ccc(C(=O)NCc2cccc(CN3CCCCC3)c2)cc1)S(=O)(=O)CC. The Kier molecular flexibility index (Phi) is 8.09. The lowest BCUT2D eigenvalue weighted by molar-refractivity contribution is 0.0951. The van der Waals surface area contributed by atoms with Crippen molar-refractivity contribution in [1.29, 1.82) is 0 Å². The number of benzene rings is 2. The van der Waals surface area contributed by atoms with E-state index in [-0.39, 0.29) is 11.7 Å². The molecule has 1 amide bonds. The largest absolute Gasteiger partial charge is 0.348 e. The van der Waals surface area contributed by atoms with Crippen LogP contribution in [-0.4, -0.2) is 44.6 Å². The number of sulfonamides is 1. The fourth-order valence-electron chi connectivity index (χ4n) is 3.97. The van der Waals surface area contributed by atoms with Gasteiger partial charge in [0.2, 0.25) is 10.0 Å². The Morgan fingerprint density at radius 2 is 1.68 bits per heavy atom. The van der Waals surface area contributed by atoms with Gasteiger partial charge in [-0.15, -0.1) is 0 Å². The minimum Gasteiger partial charge on any atom is -0.348 e. The van der Waals surface area contributed by atoms with Gasteiger partial charge < -0.3 is 5.32 Å². The summed E-state index contributed by atoms with van der Waals surface area (Å²) in [6.07, 6.45) is 3.87. The van der Waals surface area contributed by atoms with Crippen LogP contribution in [0.25, 0.3) is 0 Å². The van der Waals surface area contributed by atoms with E-state index in [0.29, 0.717) is 24.3 Å². The Hall–Kier alpha value is -2.38. The molecule has 1 aliphatic rings. The van der Waals surface area contributed by atoms with Gasteiger partial charge in [0.15, 0.2) is 0 Å². The van der Waals surface area contributed by atoms with Crippen molar-refractivity contribution >= 4 is 21.6 Å². The first-order chi connectivity index (χ1) is 14.9. The van der Waals surface area contributed by atoms with Crippen LogP contribution in [0.5, 0.6) is 0 Å². The third-order valence-electron chi connectivity index (χ3n) is 5.70. The molecule has 0 radical (unpaired) electrons. The van der Waals surface area contributed by atoms with Gasteiger partial charge in [-0.2, -0.15) is 0 Å². The molecule has 7 heteroatoms. The standard InChI is InChI=1S/C24H33N3O3S/c1-3-27(31(29,30)4-2)23-13-11-22(12-14-23)24(28)25-18-20-9-8-10-21(17-20)19-26-15-6-5-7-16-26/h8-14,17H,3-7,15-16,18-19H2,1-2H3,(H,25,28). The Morgan fingerprint density at radius 3 is 2.32 bits per heavy atom. The summed E-state index contributed by atoms with van der Waals surface area (Å²) in [6, 6.07) is 15.1. The quantitative estimate of drug-likeness (QED) is 0.640. The highest BCUT2D eigenvalue weighted by molar-refractivity contribution is 7.92. The molecular formula is C24H33N3O3S. The smallest absolute Gasteiger partial charge is 0.251 e. The normalized spacial score (nSPS) is 14.9. The third kappa shape index (κ3) is 6.31. The fraction of sp³-hybridized carbons (Fsp3) is 0.458. The average molecular weight is 444 g/mol. The second-order valence-corrected chi connectivity index (χ2v) is 10.1. The summed E-state index contributed by atoms with van der Waals surface area (Å²) in [7, 11) is -3.33. The Balaban J connectivity index is 1.59. The van der Waals surface area contributed by atoms with E-state index in [1.807, 2.05) is 12.1 Å². The Morgan fingerprint density at radius 1 is 1.00 bits per heavy atom. The summed E-state index contributed by atoms with van der Waals surface area (Å²) in [5, 5.41) is 2.97. The van der Waals surface area contributed by atoms with Crippen molar-refractivity contribution in [2.24, 2.45) is 0 Å². The highest BCUT2D eigenvalue weighted by atomic mass is 32.2. The molecule has 0 aliphatic carbocycles. The van der Waals surface area contributed by atoms with Gasteiger partial charge >= 0.3 is 0 Å². The number of anilines is 1. The van der Waals surface area contributed by atoms with Gasteiger partial charge in [0, 0.05) is 25.2 Å². The molecule has 0 unspecified atom stereocenters. The number of carbonyl (C=O) groups excluding carboxylic acids is 1. The van der Waals surface area contributed by atoms with Crippen molar-refractivity contribution in [3.63, 3.8) is 0 Å². The van der Waals surface area contributed by atoms with Crippen LogP contribution in [0.2, 0.25) is 0 Å². The molecule has 0 bridgehead atoms. The number of hydrogen-bond donors (Lipinski definition) is 1. The molecule has 31 heavy (non-hydrogen) atoms. The van der Waals surface area contributed by atoms with Gasteiger partial charge in [0.1, 0.15) is 0 Å². The van der Waals surface area contributed by atoms with Crippen molar-refractivity contribution in [3.8, 4) is 0 Å². The van der Waals surface area contributed by atoms with E-state index < -0.39 is 10.0 Å². The molecule has 0 saturated carbocycles. The minimum absolute atomic E-state index is 0.0416. The maximum atomic E-state index is 12.6. The molecular weight excluding hydrogens is 410 g/mol. The molecule has 2 aromatic rings. The first kappa shape index (κ1) is 23.3. The van der Waals surface area contributed by atoms with Crippen molar-refractivity contribution in [2.75, 3.05) is 29.7 Å². The van der Waals surface area contributed by atoms with Crippen LogP contribution >= 0.6 is 0 Å². The zero-order chi connectivity index (χ0) is 22.3. The number of piperidine rings is 1. The van der Waals surface area contributed by atoms with Crippen molar-refractivity contribution in [1.82, 2.24) is 10.2 Å². The van der Waals surface area contributed by atoms with E-state index in [1.165, 1.54) is 29.1 Å². The van der Waals surface area contributed by atoms with E-state index in [4.69, 9.17) is 0 Å². The topological polar surface area (TPSA) is 69.7 Å². The van der Waals surface area contributed by atoms with Gasteiger partial charge in [-0.3, -0.25) is 14.0 Å². The highest BCUT2D eigenvalue weighted by Gasteiger charge is 2.19. The van der Waals surface area contributed by atoms with Crippen LogP contribution in [0.1, 0.15) is 54.6 Å². The lowest BCUT2D eigenvalue weighted by atomic mass is 10.1. The predicted molar refractivity (Wildman–Crippen MR) is 126 cm³/mol. The maximum absolute atomic E-state index is 12.6. The van der Waals surface area contributed by atoms with Crippen molar-refractivity contribution in [2.45, 2.75) is 46.2 Å². The molecule has 0 aromatic heterocycles. The Labute approximate surface area is 186 Å². The van der Waals surface area contributed by atoms with Crippen molar-refractivity contribution < 1.29 is 13.2 Å². The molecule has 0 spiro atoms. The summed E-state index contributed by atoms with van der Waals surface area (Å²) < 4.78 is 25.8. The molecule has 1 fully saturated rings. The zero-order valence-electron chi connectivity index (χ0n) is 18.5. The summed E-state index contributed by atoms with van der Waals surface area (Å²) in [5.41, 5.74) is 3.44. The second-order valence-electron chi connectivity index (χ2n) is 7.95. The van der Waals surface area contributed by atoms with Crippen LogP contribution in [-0.2, 0) is 23.1 Å². The van der Waals surface area contributed by atoms with Gasteiger partial charge in [0.05, 0.1) is 11.4 Å². The number of likely N-dealkylation sites (tertiary alicyclic amines) is 1. The second kappa shape index (κ2) is 10.8. The molecule has 168 valence electrons. The fourth-order valence-corrected chi connectivity index (χ4v) is 5.12. The van der Waals surface area contributed by atoms with E-state index in [0.717, 1.165) is 25.2 Å². The first-order valence-corrected chi connectivity index (χ1v) is 12.7. The third-order valence-corrected chi connectivity index (χ3v) is 7.57. The molecule has 0 atom stereocenters. The molecule has 3 rings (SSSR count). The molecule has 1 saturated heterocycles. The number of nitrogens with zero attached hydrogens (tertiary/aromatic N) is 2. The van der Waals surface area contributed by atoms with E-state index in [1.54, 1.807) is 38.1 Å². The lowest BCUT2D eigenvalue weighted by Crippen LogP contribution is -2.32. The van der Waals surface area contributed by atoms with Gasteiger partial charge in [-0.25, -0.2) is 8.42 Å². The van der Waals surface area contributed by atoms with E-state index >= 15 is 0 Å². The summed E-state index contributed by atoms with van der Waals surface area (Å²) in [6.45, 7) is 7.51. The lowest BCUT2D eigenvalue weighted by Gasteiger charge is -2.26. The monoisotopic (exact) mass is 443 g/mol. The molecule has 6 nitrogen and oxygen atoms in total. The summed E-state index contributed by atoms with van der Waals surface area (Å²) in [5.74, 6) is -0.130. The minimum atomic E-state index is -3.33. The number of nitrogens with one attached hydrogen (secondary N) is 1. The maximum Gasteiger partial charge on any atom is 0.251 e. The first-order valence-electron chi connectivity index (χ1n) is 11.1. The predicted octanol–water partition coefficient (Wildman–Crippen LogP) is 3.78. The van der Waals surface area contributed by atoms with Crippen LogP contribution in [0.3, 0.4) is 0 Å². The van der Waals surface area contributed by atoms with Gasteiger partial charge in [0.25, 0.3) is 5.91 Å². The molecule has 2 aromatic carbocycles. The van der Waals surface area contributed by atoms with Crippen LogP contribution < -0.4 is 9.62 Å². The van der Waals surface area contributed by atoms with Gasteiger partial charge in [-0.1, -0.05) is 30.7 Å². The highest BCUT2D eigenvalue weighted by Crippen LogP contribution is 2.19. The average Bonchev–Trinajstić information content (AvgIpc) is 2.79. The van der Waals surface area contributed by atoms with E-state index in [2.05, 4.69) is 22.3 Å². The van der Waals surface area contributed by atoms with Crippen LogP contribution in [0, 0.1) is 0 Å². The number of hydrogen-bond acceptors (Lipinski definition) is 4. The summed E-state index contributed by atoms with van der Waals surface area (Å²) >= 11 is 0. The number of amides is 1. The molecule has 1 heterocycles. The summed E-state index contributed by atoms with van der Waals surface area (Å²) in [4.78, 5) is 15.1. The van der Waals surface area contributed by atoms with Crippen LogP contribution in [0.4, 0.5) is 5.69 Å². The van der Waals surface area contributed by atoms with Crippen LogP contribution in [0.15, 0.2) is 48.5 Å². The molecule has 1 N–H and O–H groups in total. The number of carbonyl (C=O) groups is 1. The van der Waals surface area contributed by atoms with Gasteiger partial charge in [-0.05, 0) is 75.2 Å². The van der Waals surface area contributed by atoms with E-state index in [9.17, 15) is 13.2 Å². The zero-order valence-corrected chi connectivity index (χ0v) is 19.3.